The summed E-state index contributed by atoms with van der Waals surface area (Å²) in [6.45, 7) is 7.08. The average molecular weight is 281 g/mol. The third-order valence-corrected chi connectivity index (χ3v) is 3.55. The van der Waals surface area contributed by atoms with Gasteiger partial charge in [-0.1, -0.05) is 13.8 Å². The Morgan fingerprint density at radius 1 is 1.45 bits per heavy atom. The van der Waals surface area contributed by atoms with E-state index in [1.807, 2.05) is 20.8 Å². The third kappa shape index (κ3) is 3.08. The molecule has 1 aromatic heterocycles. The zero-order chi connectivity index (χ0) is 14.7. The quantitative estimate of drug-likeness (QED) is 0.845. The Morgan fingerprint density at radius 2 is 2.20 bits per heavy atom. The minimum Gasteiger partial charge on any atom is -0.394 e. The molecule has 0 saturated carbocycles. The van der Waals surface area contributed by atoms with E-state index in [-0.39, 0.29) is 31.3 Å². The van der Waals surface area contributed by atoms with E-state index in [4.69, 9.17) is 4.74 Å². The molecule has 0 aliphatic carbocycles. The lowest BCUT2D eigenvalue weighted by molar-refractivity contribution is -0.0104. The van der Waals surface area contributed by atoms with Crippen molar-refractivity contribution in [3.63, 3.8) is 0 Å². The number of aromatic nitrogens is 2. The zero-order valence-electron chi connectivity index (χ0n) is 12.3. The second kappa shape index (κ2) is 6.47. The second-order valence-electron chi connectivity index (χ2n) is 5.51. The fourth-order valence-corrected chi connectivity index (χ4v) is 2.32. The number of nitrogens with zero attached hydrogens (tertiary/aromatic N) is 3. The van der Waals surface area contributed by atoms with E-state index in [0.717, 1.165) is 11.5 Å². The number of aliphatic hydroxyl groups is 2. The molecule has 1 aliphatic heterocycles. The third-order valence-electron chi connectivity index (χ3n) is 3.55. The molecular weight excluding hydrogens is 258 g/mol. The van der Waals surface area contributed by atoms with E-state index in [1.54, 1.807) is 6.20 Å². The lowest BCUT2D eigenvalue weighted by Crippen LogP contribution is -2.50. The van der Waals surface area contributed by atoms with Crippen LogP contribution in [0.25, 0.3) is 0 Å². The molecule has 0 amide bonds. The maximum absolute atomic E-state index is 9.57. The molecule has 0 radical (unpaired) electrons. The van der Waals surface area contributed by atoms with Crippen LogP contribution in [0.15, 0.2) is 6.20 Å². The number of hydrogen-bond acceptors (Lipinski definition) is 6. The van der Waals surface area contributed by atoms with Crippen LogP contribution in [0.3, 0.4) is 0 Å². The van der Waals surface area contributed by atoms with Crippen molar-refractivity contribution in [1.82, 2.24) is 9.97 Å². The van der Waals surface area contributed by atoms with Gasteiger partial charge in [-0.3, -0.25) is 0 Å². The molecule has 0 spiro atoms. The van der Waals surface area contributed by atoms with Crippen LogP contribution in [0.5, 0.6) is 0 Å². The van der Waals surface area contributed by atoms with Gasteiger partial charge in [0.05, 0.1) is 43.5 Å². The Labute approximate surface area is 119 Å². The average Bonchev–Trinajstić information content (AvgIpc) is 2.47. The van der Waals surface area contributed by atoms with E-state index in [9.17, 15) is 10.2 Å². The summed E-state index contributed by atoms with van der Waals surface area (Å²) in [4.78, 5) is 10.9. The molecule has 1 fully saturated rings. The van der Waals surface area contributed by atoms with Crippen molar-refractivity contribution in [2.24, 2.45) is 0 Å². The van der Waals surface area contributed by atoms with Crippen molar-refractivity contribution in [1.29, 1.82) is 0 Å². The highest BCUT2D eigenvalue weighted by Crippen LogP contribution is 2.25. The lowest BCUT2D eigenvalue weighted by Gasteiger charge is -2.39. The molecule has 2 atom stereocenters. The van der Waals surface area contributed by atoms with Crippen molar-refractivity contribution >= 4 is 5.69 Å². The molecule has 2 unspecified atom stereocenters. The Hall–Kier alpha value is -1.24. The number of morpholine rings is 1. The van der Waals surface area contributed by atoms with Crippen molar-refractivity contribution in [2.75, 3.05) is 24.7 Å². The fourth-order valence-electron chi connectivity index (χ4n) is 2.32. The predicted octanol–water partition coefficient (Wildman–Crippen LogP) is 0.678. The van der Waals surface area contributed by atoms with Gasteiger partial charge in [-0.2, -0.15) is 0 Å². The molecule has 1 aliphatic rings. The Kier molecular flexibility index (Phi) is 4.91. The first-order valence-electron chi connectivity index (χ1n) is 7.02. The van der Waals surface area contributed by atoms with Gasteiger partial charge in [-0.15, -0.1) is 0 Å². The molecule has 2 rings (SSSR count). The number of anilines is 1. The van der Waals surface area contributed by atoms with Gasteiger partial charge < -0.3 is 19.8 Å². The minimum atomic E-state index is -0.206. The van der Waals surface area contributed by atoms with Crippen LogP contribution in [-0.4, -0.2) is 52.1 Å². The number of ether oxygens (including phenoxy) is 1. The van der Waals surface area contributed by atoms with Crippen molar-refractivity contribution in [3.05, 3.63) is 17.7 Å². The van der Waals surface area contributed by atoms with Gasteiger partial charge in [0, 0.05) is 18.5 Å². The largest absolute Gasteiger partial charge is 0.394 e. The van der Waals surface area contributed by atoms with Crippen LogP contribution >= 0.6 is 0 Å². The molecule has 2 heterocycles. The van der Waals surface area contributed by atoms with Gasteiger partial charge in [-0.25, -0.2) is 9.97 Å². The van der Waals surface area contributed by atoms with Gasteiger partial charge in [0.25, 0.3) is 0 Å². The number of rotatable bonds is 4. The van der Waals surface area contributed by atoms with Gasteiger partial charge in [0.15, 0.2) is 0 Å². The first kappa shape index (κ1) is 15.2. The summed E-state index contributed by atoms with van der Waals surface area (Å²) in [5.41, 5.74) is 1.46. The van der Waals surface area contributed by atoms with Crippen molar-refractivity contribution in [3.8, 4) is 0 Å². The van der Waals surface area contributed by atoms with Crippen LogP contribution < -0.4 is 4.90 Å². The normalized spacial score (nSPS) is 23.4. The number of hydrogen-bond donors (Lipinski definition) is 2. The first-order valence-corrected chi connectivity index (χ1v) is 7.02. The molecule has 112 valence electrons. The maximum atomic E-state index is 9.57. The topological polar surface area (TPSA) is 78.7 Å². The maximum Gasteiger partial charge on any atom is 0.131 e. The Balaban J connectivity index is 2.30. The molecule has 20 heavy (non-hydrogen) atoms. The van der Waals surface area contributed by atoms with Gasteiger partial charge in [0.1, 0.15) is 5.82 Å². The first-order chi connectivity index (χ1) is 9.56. The van der Waals surface area contributed by atoms with Crippen LogP contribution in [0.1, 0.15) is 38.2 Å². The van der Waals surface area contributed by atoms with E-state index >= 15 is 0 Å². The molecule has 0 aromatic carbocycles. The molecule has 6 nitrogen and oxygen atoms in total. The highest BCUT2D eigenvalue weighted by atomic mass is 16.5. The minimum absolute atomic E-state index is 0.0113. The smallest absolute Gasteiger partial charge is 0.131 e. The summed E-state index contributed by atoms with van der Waals surface area (Å²) in [5.74, 6) is 0.957. The molecule has 2 N–H and O–H groups in total. The lowest BCUT2D eigenvalue weighted by atomic mass is 10.1. The highest BCUT2D eigenvalue weighted by Gasteiger charge is 2.28. The van der Waals surface area contributed by atoms with E-state index in [0.29, 0.717) is 18.8 Å². The van der Waals surface area contributed by atoms with E-state index in [2.05, 4.69) is 14.9 Å². The van der Waals surface area contributed by atoms with Crippen LogP contribution in [0.4, 0.5) is 5.69 Å². The molecule has 1 aromatic rings. The summed E-state index contributed by atoms with van der Waals surface area (Å²) < 4.78 is 5.53. The number of aliphatic hydroxyl groups excluding tert-OH is 2. The Morgan fingerprint density at radius 3 is 2.80 bits per heavy atom. The standard InChI is InChI=1S/C14H23N3O3/c1-9(2)14-15-4-13(12(7-19)16-14)17-5-11(6-18)20-8-10(17)3/h4,9-11,18-19H,5-8H2,1-3H3. The highest BCUT2D eigenvalue weighted by molar-refractivity contribution is 5.50. The van der Waals surface area contributed by atoms with Crippen molar-refractivity contribution in [2.45, 2.75) is 45.4 Å². The summed E-state index contributed by atoms with van der Waals surface area (Å²) in [7, 11) is 0. The monoisotopic (exact) mass is 281 g/mol. The second-order valence-corrected chi connectivity index (χ2v) is 5.51. The summed E-state index contributed by atoms with van der Waals surface area (Å²) >= 11 is 0. The van der Waals surface area contributed by atoms with E-state index < -0.39 is 0 Å². The van der Waals surface area contributed by atoms with Crippen molar-refractivity contribution < 1.29 is 14.9 Å². The van der Waals surface area contributed by atoms with Gasteiger partial charge in [-0.05, 0) is 6.92 Å². The van der Waals surface area contributed by atoms with Gasteiger partial charge in [0.2, 0.25) is 0 Å². The zero-order valence-corrected chi connectivity index (χ0v) is 12.3. The summed E-state index contributed by atoms with van der Waals surface area (Å²) in [5, 5.41) is 18.8. The fraction of sp³-hybridized carbons (Fsp3) is 0.714. The van der Waals surface area contributed by atoms with Crippen LogP contribution in [0.2, 0.25) is 0 Å². The molecular formula is C14H23N3O3. The summed E-state index contributed by atoms with van der Waals surface area (Å²) in [6.07, 6.45) is 1.56. The summed E-state index contributed by atoms with van der Waals surface area (Å²) in [6, 6.07) is 0.164. The molecule has 0 bridgehead atoms. The van der Waals surface area contributed by atoms with Crippen LogP contribution in [-0.2, 0) is 11.3 Å². The van der Waals surface area contributed by atoms with E-state index in [1.165, 1.54) is 0 Å². The Bertz CT molecular complexity index is 453. The SMILES string of the molecule is CC(C)c1ncc(N2CC(CO)OCC2C)c(CO)n1. The van der Waals surface area contributed by atoms with Gasteiger partial charge >= 0.3 is 0 Å². The predicted molar refractivity (Wildman–Crippen MR) is 75.7 cm³/mol. The molecule has 6 heteroatoms. The molecule has 1 saturated heterocycles. The van der Waals surface area contributed by atoms with Crippen LogP contribution in [0, 0.1) is 0 Å².